The number of anilines is 2. The van der Waals surface area contributed by atoms with E-state index in [9.17, 15) is 18.8 Å². The number of carbonyl (C=O) groups excluding carboxylic acids is 3. The predicted molar refractivity (Wildman–Crippen MR) is 160 cm³/mol. The van der Waals surface area contributed by atoms with E-state index >= 15 is 4.39 Å². The van der Waals surface area contributed by atoms with Gasteiger partial charge in [-0.1, -0.05) is 6.07 Å². The van der Waals surface area contributed by atoms with E-state index in [1.165, 1.54) is 18.9 Å². The highest BCUT2D eigenvalue weighted by Crippen LogP contribution is 2.37. The third-order valence-corrected chi connectivity index (χ3v) is 9.36. The molecule has 1 aliphatic carbocycles. The number of halogens is 2. The summed E-state index contributed by atoms with van der Waals surface area (Å²) in [4.78, 5) is 38.7. The van der Waals surface area contributed by atoms with Crippen LogP contribution in [0.2, 0.25) is 0 Å². The van der Waals surface area contributed by atoms with Crippen molar-refractivity contribution in [2.75, 3.05) is 49.5 Å². The summed E-state index contributed by atoms with van der Waals surface area (Å²) in [5, 5.41) is 10.8. The molecule has 3 saturated heterocycles. The molecule has 0 radical (unpaired) electrons. The molecule has 12 heteroatoms. The van der Waals surface area contributed by atoms with Gasteiger partial charge in [0, 0.05) is 55.0 Å². The Kier molecular flexibility index (Phi) is 7.47. The molecular formula is C32H36F2N6O4. The summed E-state index contributed by atoms with van der Waals surface area (Å²) >= 11 is 0. The zero-order valence-electron chi connectivity index (χ0n) is 24.4. The van der Waals surface area contributed by atoms with E-state index in [0.29, 0.717) is 42.6 Å². The van der Waals surface area contributed by atoms with Crippen LogP contribution in [0.4, 0.5) is 20.2 Å². The number of hydrogen-bond acceptors (Lipinski definition) is 7. The molecule has 1 aromatic heterocycles. The van der Waals surface area contributed by atoms with Crippen molar-refractivity contribution >= 4 is 40.5 Å². The summed E-state index contributed by atoms with van der Waals surface area (Å²) in [7, 11) is 0. The molecule has 44 heavy (non-hydrogen) atoms. The van der Waals surface area contributed by atoms with Crippen LogP contribution in [0.1, 0.15) is 56.0 Å². The average Bonchev–Trinajstić information content (AvgIpc) is 3.73. The van der Waals surface area contributed by atoms with Crippen LogP contribution in [0.5, 0.6) is 5.75 Å². The fourth-order valence-electron chi connectivity index (χ4n) is 6.70. The number of rotatable bonds is 10. The van der Waals surface area contributed by atoms with Crippen LogP contribution in [-0.2, 0) is 14.4 Å². The van der Waals surface area contributed by atoms with Gasteiger partial charge in [-0.25, -0.2) is 8.78 Å². The fourth-order valence-corrected chi connectivity index (χ4v) is 6.70. The second-order valence-corrected chi connectivity index (χ2v) is 12.8. The van der Waals surface area contributed by atoms with Crippen LogP contribution in [0, 0.1) is 11.7 Å². The maximum Gasteiger partial charge on any atom is 0.234 e. The topological polar surface area (TPSA) is 109 Å². The lowest BCUT2D eigenvalue weighted by atomic mass is 9.89. The molecule has 232 valence electrons. The second-order valence-electron chi connectivity index (χ2n) is 12.8. The first-order chi connectivity index (χ1) is 21.3. The number of imide groups is 1. The van der Waals surface area contributed by atoms with E-state index in [1.54, 1.807) is 12.1 Å². The number of amides is 3. The number of benzene rings is 2. The van der Waals surface area contributed by atoms with Gasteiger partial charge < -0.3 is 15.0 Å². The molecule has 1 unspecified atom stereocenters. The van der Waals surface area contributed by atoms with Gasteiger partial charge in [-0.2, -0.15) is 5.10 Å². The minimum Gasteiger partial charge on any atom is -0.491 e. The minimum atomic E-state index is -1.38. The normalized spacial score (nSPS) is 22.5. The molecule has 10 nitrogen and oxygen atoms in total. The van der Waals surface area contributed by atoms with Gasteiger partial charge in [0.2, 0.25) is 18.2 Å². The highest BCUT2D eigenvalue weighted by molar-refractivity contribution is 6.01. The van der Waals surface area contributed by atoms with Crippen molar-refractivity contribution in [2.45, 2.75) is 56.2 Å². The fraction of sp³-hybridized carbons (Fsp3) is 0.500. The van der Waals surface area contributed by atoms with Crippen molar-refractivity contribution in [2.24, 2.45) is 5.92 Å². The number of alkyl halides is 1. The molecule has 4 fully saturated rings. The van der Waals surface area contributed by atoms with E-state index in [4.69, 9.17) is 9.84 Å². The van der Waals surface area contributed by atoms with Crippen molar-refractivity contribution in [1.29, 1.82) is 0 Å². The van der Waals surface area contributed by atoms with Gasteiger partial charge in [-0.3, -0.25) is 29.3 Å². The van der Waals surface area contributed by atoms with Crippen LogP contribution in [-0.4, -0.2) is 77.9 Å². The first-order valence-electron chi connectivity index (χ1n) is 15.4. The van der Waals surface area contributed by atoms with Crippen LogP contribution in [0.3, 0.4) is 0 Å². The molecule has 3 aliphatic heterocycles. The largest absolute Gasteiger partial charge is 0.491 e. The summed E-state index contributed by atoms with van der Waals surface area (Å²) in [5.74, 6) is -0.804. The zero-order valence-corrected chi connectivity index (χ0v) is 24.4. The lowest BCUT2D eigenvalue weighted by molar-refractivity contribution is -0.134. The molecule has 4 aliphatic rings. The molecule has 0 bridgehead atoms. The molecule has 0 spiro atoms. The van der Waals surface area contributed by atoms with E-state index in [2.05, 4.69) is 15.5 Å². The first-order valence-corrected chi connectivity index (χ1v) is 15.4. The quantitative estimate of drug-likeness (QED) is 0.266. The van der Waals surface area contributed by atoms with Gasteiger partial charge >= 0.3 is 0 Å². The average molecular weight is 607 g/mol. The smallest absolute Gasteiger partial charge is 0.234 e. The molecule has 7 rings (SSSR count). The Morgan fingerprint density at radius 1 is 1.09 bits per heavy atom. The Balaban J connectivity index is 0.929. The number of ether oxygens (including phenoxy) is 1. The number of nitrogens with zero attached hydrogens (tertiary/aromatic N) is 4. The Morgan fingerprint density at radius 2 is 1.89 bits per heavy atom. The van der Waals surface area contributed by atoms with E-state index in [0.717, 1.165) is 36.8 Å². The molecule has 3 aromatic rings. The van der Waals surface area contributed by atoms with Gasteiger partial charge in [-0.05, 0) is 56.2 Å². The van der Waals surface area contributed by atoms with Gasteiger partial charge in [-0.15, -0.1) is 0 Å². The minimum absolute atomic E-state index is 0.178. The van der Waals surface area contributed by atoms with Crippen molar-refractivity contribution in [1.82, 2.24) is 20.0 Å². The Bertz CT molecular complexity index is 1590. The molecule has 2 aromatic carbocycles. The monoisotopic (exact) mass is 606 g/mol. The van der Waals surface area contributed by atoms with E-state index < -0.39 is 23.3 Å². The van der Waals surface area contributed by atoms with Crippen molar-refractivity contribution in [3.8, 4) is 5.75 Å². The number of likely N-dealkylation sites (tertiary alicyclic amines) is 1. The summed E-state index contributed by atoms with van der Waals surface area (Å²) in [6, 6.07) is 8.64. The molecule has 4 heterocycles. The third-order valence-electron chi connectivity index (χ3n) is 9.36. The summed E-state index contributed by atoms with van der Waals surface area (Å²) < 4.78 is 38.6. The Hall–Kier alpha value is -4.06. The maximum atomic E-state index is 15.7. The lowest BCUT2D eigenvalue weighted by Crippen LogP contribution is -2.64. The summed E-state index contributed by atoms with van der Waals surface area (Å²) in [6.07, 6.45) is 7.15. The number of nitrogens with one attached hydrogen (secondary N) is 2. The lowest BCUT2D eigenvalue weighted by Gasteiger charge is -2.48. The summed E-state index contributed by atoms with van der Waals surface area (Å²) in [5.41, 5.74) is 0.917. The van der Waals surface area contributed by atoms with Crippen LogP contribution in [0.15, 0.2) is 36.5 Å². The number of fused-ring (bicyclic) bond motifs is 1. The highest BCUT2D eigenvalue weighted by atomic mass is 19.1. The third kappa shape index (κ3) is 5.87. The van der Waals surface area contributed by atoms with E-state index in [-0.39, 0.29) is 43.4 Å². The number of carbonyl (C=O) groups is 3. The highest BCUT2D eigenvalue weighted by Gasteiger charge is 2.45. The van der Waals surface area contributed by atoms with Gasteiger partial charge in [0.05, 0.1) is 42.9 Å². The number of piperidine rings is 2. The number of hydrogen-bond donors (Lipinski definition) is 2. The first kappa shape index (κ1) is 28.7. The van der Waals surface area contributed by atoms with Crippen LogP contribution in [0.25, 0.3) is 10.9 Å². The maximum absolute atomic E-state index is 15.7. The van der Waals surface area contributed by atoms with Crippen LogP contribution < -0.4 is 20.3 Å². The summed E-state index contributed by atoms with van der Waals surface area (Å²) in [6.45, 7) is 2.80. The van der Waals surface area contributed by atoms with Gasteiger partial charge in [0.25, 0.3) is 0 Å². The van der Waals surface area contributed by atoms with Gasteiger partial charge in [0.15, 0.2) is 5.67 Å². The zero-order chi connectivity index (χ0) is 30.4. The SMILES string of the molecule is O=CNc1cc2cn(C3CCN(CC4(F)CN(c5ccc(C6CCC(=O)NC6=O)c(F)c5)C4)CC3)nc2cc1OCC1CC1. The molecule has 1 atom stereocenters. The van der Waals surface area contributed by atoms with Crippen LogP contribution >= 0.6 is 0 Å². The Labute approximate surface area is 253 Å². The van der Waals surface area contributed by atoms with Crippen molar-refractivity contribution in [3.63, 3.8) is 0 Å². The molecular weight excluding hydrogens is 570 g/mol. The van der Waals surface area contributed by atoms with E-state index in [1.807, 2.05) is 27.9 Å². The second kappa shape index (κ2) is 11.5. The number of aromatic nitrogens is 2. The Morgan fingerprint density at radius 3 is 2.59 bits per heavy atom. The van der Waals surface area contributed by atoms with Gasteiger partial charge in [0.1, 0.15) is 11.6 Å². The van der Waals surface area contributed by atoms with Crippen molar-refractivity contribution < 1.29 is 27.9 Å². The molecule has 2 N–H and O–H groups in total. The standard InChI is InChI=1S/C32H36F2N6O4/c33-26-12-23(3-4-24(26)25-5-6-30(42)36-31(25)43)39-17-32(34,18-39)16-38-9-7-22(8-10-38)40-14-21-11-28(35-19-41)29(13-27(21)37-40)44-15-20-1-2-20/h3-4,11-14,19-20,22,25H,1-2,5-10,15-18H2,(H,35,41)(H,36,42,43). The predicted octanol–water partition coefficient (Wildman–Crippen LogP) is 3.92. The molecule has 1 saturated carbocycles. The van der Waals surface area contributed by atoms with Crippen molar-refractivity contribution in [3.05, 3.63) is 47.9 Å². The molecule has 3 amide bonds.